The molecular weight excluding hydrogens is 326 g/mol. The number of benzene rings is 1. The minimum absolute atomic E-state index is 0.0693. The number of nitrogens with one attached hydrogen (secondary N) is 2. The molecule has 1 saturated heterocycles. The van der Waals surface area contributed by atoms with Crippen LogP contribution < -0.4 is 10.6 Å². The van der Waals surface area contributed by atoms with Crippen molar-refractivity contribution in [2.45, 2.75) is 37.6 Å². The van der Waals surface area contributed by atoms with Gasteiger partial charge in [0.15, 0.2) is 0 Å². The largest absolute Gasteiger partial charge is 0.379 e. The Morgan fingerprint density at radius 2 is 1.88 bits per heavy atom. The number of hydrogen-bond donors (Lipinski definition) is 2. The molecule has 3 rings (SSSR count). The third kappa shape index (κ3) is 4.21. The summed E-state index contributed by atoms with van der Waals surface area (Å²) in [5, 5.41) is 6.47. The number of hydrogen-bond acceptors (Lipinski definition) is 3. The van der Waals surface area contributed by atoms with Crippen LogP contribution >= 0.6 is 11.6 Å². The van der Waals surface area contributed by atoms with Crippen LogP contribution in [0, 0.1) is 0 Å². The molecule has 2 aliphatic rings. The predicted molar refractivity (Wildman–Crippen MR) is 96.7 cm³/mol. The van der Waals surface area contributed by atoms with Gasteiger partial charge in [-0.3, -0.25) is 4.90 Å². The predicted octanol–water partition coefficient (Wildman–Crippen LogP) is 3.50. The maximum atomic E-state index is 12.3. The summed E-state index contributed by atoms with van der Waals surface area (Å²) in [4.78, 5) is 14.8. The number of carbonyl (C=O) groups excluding carboxylic acids is 1. The molecule has 0 unspecified atom stereocenters. The van der Waals surface area contributed by atoms with Crippen LogP contribution in [0.5, 0.6) is 0 Å². The molecule has 1 heterocycles. The Morgan fingerprint density at radius 1 is 1.17 bits per heavy atom. The van der Waals surface area contributed by atoms with Crippen molar-refractivity contribution in [3.05, 3.63) is 29.3 Å². The quantitative estimate of drug-likeness (QED) is 0.873. The standard InChI is InChI=1S/C18H26ClN3O2/c19-15-6-2-3-7-16(15)21-17(23)20-14-18(8-4-1-5-9-18)22-10-12-24-13-11-22/h2-3,6-7H,1,4-5,8-14H2,(H2,20,21,23). The molecule has 2 N–H and O–H groups in total. The molecule has 5 nitrogen and oxygen atoms in total. The van der Waals surface area contributed by atoms with Crippen LogP contribution in [0.1, 0.15) is 32.1 Å². The monoisotopic (exact) mass is 351 g/mol. The lowest BCUT2D eigenvalue weighted by atomic mass is 9.80. The van der Waals surface area contributed by atoms with Gasteiger partial charge in [-0.25, -0.2) is 4.79 Å². The summed E-state index contributed by atoms with van der Waals surface area (Å²) < 4.78 is 5.50. The van der Waals surface area contributed by atoms with Gasteiger partial charge < -0.3 is 15.4 Å². The number of ether oxygens (including phenoxy) is 1. The second kappa shape index (κ2) is 8.19. The number of morpholine rings is 1. The van der Waals surface area contributed by atoms with E-state index < -0.39 is 0 Å². The summed E-state index contributed by atoms with van der Waals surface area (Å²) in [5.41, 5.74) is 0.709. The molecule has 0 aromatic heterocycles. The van der Waals surface area contributed by atoms with E-state index in [1.54, 1.807) is 12.1 Å². The fourth-order valence-corrected chi connectivity index (χ4v) is 4.01. The maximum absolute atomic E-state index is 12.3. The highest BCUT2D eigenvalue weighted by Gasteiger charge is 2.38. The first-order valence-electron chi connectivity index (χ1n) is 8.82. The summed E-state index contributed by atoms with van der Waals surface area (Å²) >= 11 is 6.10. The van der Waals surface area contributed by atoms with E-state index in [1.165, 1.54) is 19.3 Å². The molecule has 1 aliphatic heterocycles. The van der Waals surface area contributed by atoms with Gasteiger partial charge in [0.25, 0.3) is 0 Å². The van der Waals surface area contributed by atoms with Gasteiger partial charge in [0.2, 0.25) is 0 Å². The van der Waals surface area contributed by atoms with Crippen LogP contribution in [0.3, 0.4) is 0 Å². The van der Waals surface area contributed by atoms with E-state index in [2.05, 4.69) is 15.5 Å². The summed E-state index contributed by atoms with van der Waals surface area (Å²) in [5.74, 6) is 0. The van der Waals surface area contributed by atoms with E-state index in [0.717, 1.165) is 39.1 Å². The van der Waals surface area contributed by atoms with Gasteiger partial charge in [-0.2, -0.15) is 0 Å². The normalized spacial score (nSPS) is 21.2. The Hall–Kier alpha value is -1.30. The molecule has 0 radical (unpaired) electrons. The number of amides is 2. The van der Waals surface area contributed by atoms with Crippen molar-refractivity contribution in [2.75, 3.05) is 38.2 Å². The highest BCUT2D eigenvalue weighted by Crippen LogP contribution is 2.34. The molecule has 1 aromatic rings. The Kier molecular flexibility index (Phi) is 5.98. The lowest BCUT2D eigenvalue weighted by Crippen LogP contribution is -2.60. The van der Waals surface area contributed by atoms with Crippen LogP contribution in [0.4, 0.5) is 10.5 Å². The summed E-state index contributed by atoms with van der Waals surface area (Å²) in [6.45, 7) is 4.14. The van der Waals surface area contributed by atoms with Crippen molar-refractivity contribution in [1.82, 2.24) is 10.2 Å². The zero-order valence-corrected chi connectivity index (χ0v) is 14.8. The molecule has 2 fully saturated rings. The first-order chi connectivity index (χ1) is 11.7. The van der Waals surface area contributed by atoms with Crippen molar-refractivity contribution >= 4 is 23.3 Å². The third-order valence-corrected chi connectivity index (χ3v) is 5.50. The highest BCUT2D eigenvalue weighted by atomic mass is 35.5. The summed E-state index contributed by atoms with van der Waals surface area (Å²) in [7, 11) is 0. The van der Waals surface area contributed by atoms with Crippen LogP contribution in [0.2, 0.25) is 5.02 Å². The zero-order valence-electron chi connectivity index (χ0n) is 14.0. The SMILES string of the molecule is O=C(NCC1(N2CCOCC2)CCCCC1)Nc1ccccc1Cl. The van der Waals surface area contributed by atoms with Crippen LogP contribution in [-0.2, 0) is 4.74 Å². The van der Waals surface area contributed by atoms with Crippen molar-refractivity contribution in [3.63, 3.8) is 0 Å². The van der Waals surface area contributed by atoms with Crippen LogP contribution in [0.25, 0.3) is 0 Å². The fraction of sp³-hybridized carbons (Fsp3) is 0.611. The van der Waals surface area contributed by atoms with E-state index in [1.807, 2.05) is 12.1 Å². The van der Waals surface area contributed by atoms with E-state index in [9.17, 15) is 4.79 Å². The van der Waals surface area contributed by atoms with Gasteiger partial charge >= 0.3 is 6.03 Å². The number of nitrogens with zero attached hydrogens (tertiary/aromatic N) is 1. The zero-order chi connectivity index (χ0) is 16.8. The second-order valence-corrected chi connectivity index (χ2v) is 7.08. The number of urea groups is 1. The van der Waals surface area contributed by atoms with Crippen LogP contribution in [0.15, 0.2) is 24.3 Å². The maximum Gasteiger partial charge on any atom is 0.319 e. The van der Waals surface area contributed by atoms with Crippen molar-refractivity contribution < 1.29 is 9.53 Å². The molecule has 0 spiro atoms. The van der Waals surface area contributed by atoms with Crippen molar-refractivity contribution in [1.29, 1.82) is 0 Å². The summed E-state index contributed by atoms with van der Waals surface area (Å²) in [6.07, 6.45) is 6.02. The van der Waals surface area contributed by atoms with Gasteiger partial charge in [0.05, 0.1) is 23.9 Å². The first kappa shape index (κ1) is 17.5. The van der Waals surface area contributed by atoms with Gasteiger partial charge in [0, 0.05) is 25.2 Å². The Labute approximate surface area is 148 Å². The van der Waals surface area contributed by atoms with Gasteiger partial charge in [-0.15, -0.1) is 0 Å². The van der Waals surface area contributed by atoms with Gasteiger partial charge in [0.1, 0.15) is 0 Å². The molecular formula is C18H26ClN3O2. The Bertz CT molecular complexity index is 555. The molecule has 2 amide bonds. The van der Waals surface area contributed by atoms with E-state index in [-0.39, 0.29) is 11.6 Å². The Morgan fingerprint density at radius 3 is 2.58 bits per heavy atom. The first-order valence-corrected chi connectivity index (χ1v) is 9.20. The highest BCUT2D eigenvalue weighted by molar-refractivity contribution is 6.33. The van der Waals surface area contributed by atoms with E-state index in [4.69, 9.17) is 16.3 Å². The molecule has 24 heavy (non-hydrogen) atoms. The third-order valence-electron chi connectivity index (χ3n) is 5.17. The molecule has 1 saturated carbocycles. The lowest BCUT2D eigenvalue weighted by Gasteiger charge is -2.48. The second-order valence-electron chi connectivity index (χ2n) is 6.67. The molecule has 132 valence electrons. The number of anilines is 1. The Balaban J connectivity index is 1.60. The average molecular weight is 352 g/mol. The van der Waals surface area contributed by atoms with Crippen molar-refractivity contribution in [3.8, 4) is 0 Å². The average Bonchev–Trinajstić information content (AvgIpc) is 2.63. The van der Waals surface area contributed by atoms with E-state index >= 15 is 0 Å². The molecule has 0 bridgehead atoms. The molecule has 0 atom stereocenters. The van der Waals surface area contributed by atoms with Crippen molar-refractivity contribution in [2.24, 2.45) is 0 Å². The van der Waals surface area contributed by atoms with Crippen LogP contribution in [-0.4, -0.2) is 49.3 Å². The smallest absolute Gasteiger partial charge is 0.319 e. The van der Waals surface area contributed by atoms with Gasteiger partial charge in [-0.05, 0) is 25.0 Å². The number of halogens is 1. The molecule has 1 aromatic carbocycles. The summed E-state index contributed by atoms with van der Waals surface area (Å²) in [6, 6.07) is 7.09. The number of carbonyl (C=O) groups is 1. The molecule has 1 aliphatic carbocycles. The number of rotatable bonds is 4. The van der Waals surface area contributed by atoms with Gasteiger partial charge in [-0.1, -0.05) is 43.0 Å². The lowest BCUT2D eigenvalue weighted by molar-refractivity contribution is -0.0356. The number of para-hydroxylation sites is 1. The topological polar surface area (TPSA) is 53.6 Å². The molecule has 6 heteroatoms. The fourth-order valence-electron chi connectivity index (χ4n) is 3.83. The minimum atomic E-state index is -0.193. The minimum Gasteiger partial charge on any atom is -0.379 e. The van der Waals surface area contributed by atoms with E-state index in [0.29, 0.717) is 17.3 Å².